The van der Waals surface area contributed by atoms with E-state index >= 15 is 0 Å². The van der Waals surface area contributed by atoms with Crippen LogP contribution in [0.15, 0.2) is 30.4 Å². The first-order valence-corrected chi connectivity index (χ1v) is 10.5. The van der Waals surface area contributed by atoms with Gasteiger partial charge < -0.3 is 19.3 Å². The molecule has 0 amide bonds. The van der Waals surface area contributed by atoms with Crippen molar-refractivity contribution in [2.24, 2.45) is 0 Å². The highest BCUT2D eigenvalue weighted by Crippen LogP contribution is 2.41. The fourth-order valence-corrected chi connectivity index (χ4v) is 3.73. The smallest absolute Gasteiger partial charge is 0.351 e. The van der Waals surface area contributed by atoms with Gasteiger partial charge in [0.05, 0.1) is 25.1 Å². The zero-order chi connectivity index (χ0) is 22.7. The second-order valence-electron chi connectivity index (χ2n) is 6.08. The molecule has 7 nitrogen and oxygen atoms in total. The topological polar surface area (TPSA) is 99.1 Å². The predicted octanol–water partition coefficient (Wildman–Crippen LogP) is 2.89. The third-order valence-electron chi connectivity index (χ3n) is 3.94. The van der Waals surface area contributed by atoms with Crippen LogP contribution in [-0.4, -0.2) is 54.2 Å². The molecule has 0 aliphatic heterocycles. The van der Waals surface area contributed by atoms with Crippen molar-refractivity contribution >= 4 is 29.7 Å². The van der Waals surface area contributed by atoms with E-state index in [9.17, 15) is 23.9 Å². The number of hydrogen-bond donors (Lipinski definition) is 1. The maximum absolute atomic E-state index is 13.8. The second kappa shape index (κ2) is 12.3. The van der Waals surface area contributed by atoms with Crippen LogP contribution in [0.1, 0.15) is 37.1 Å². The SMILES string of the molecule is CCOC(=O)/C=C/CSC(c1ccc(F)c(C)c1)C(O)(C(=O)OCC)C(=O)OCC. The molecule has 0 heterocycles. The van der Waals surface area contributed by atoms with Gasteiger partial charge in [-0.25, -0.2) is 18.8 Å². The first-order valence-electron chi connectivity index (χ1n) is 9.49. The van der Waals surface area contributed by atoms with Gasteiger partial charge in [0.15, 0.2) is 0 Å². The Kier molecular flexibility index (Phi) is 10.5. The number of aryl methyl sites for hydroxylation is 1. The normalized spacial score (nSPS) is 12.5. The van der Waals surface area contributed by atoms with Gasteiger partial charge in [-0.3, -0.25) is 0 Å². The maximum atomic E-state index is 13.8. The molecule has 9 heteroatoms. The lowest BCUT2D eigenvalue weighted by Gasteiger charge is -2.31. The minimum Gasteiger partial charge on any atom is -0.463 e. The molecule has 1 aromatic rings. The van der Waals surface area contributed by atoms with Crippen LogP contribution in [0.4, 0.5) is 4.39 Å². The number of hydrogen-bond acceptors (Lipinski definition) is 8. The van der Waals surface area contributed by atoms with Crippen molar-refractivity contribution in [3.63, 3.8) is 0 Å². The van der Waals surface area contributed by atoms with Gasteiger partial charge >= 0.3 is 17.9 Å². The molecular weight excluding hydrogens is 415 g/mol. The number of halogens is 1. The Hall–Kier alpha value is -2.39. The van der Waals surface area contributed by atoms with E-state index in [1.165, 1.54) is 51.1 Å². The van der Waals surface area contributed by atoms with Crippen LogP contribution in [0, 0.1) is 12.7 Å². The van der Waals surface area contributed by atoms with Crippen molar-refractivity contribution in [2.45, 2.75) is 38.5 Å². The molecule has 30 heavy (non-hydrogen) atoms. The van der Waals surface area contributed by atoms with Gasteiger partial charge in [-0.2, -0.15) is 0 Å². The molecule has 0 saturated heterocycles. The van der Waals surface area contributed by atoms with Crippen molar-refractivity contribution in [3.8, 4) is 0 Å². The summed E-state index contributed by atoms with van der Waals surface area (Å²) in [5.74, 6) is -3.21. The molecule has 166 valence electrons. The summed E-state index contributed by atoms with van der Waals surface area (Å²) in [6, 6.07) is 3.99. The Balaban J connectivity index is 3.35. The van der Waals surface area contributed by atoms with E-state index in [4.69, 9.17) is 14.2 Å². The molecule has 1 unspecified atom stereocenters. The van der Waals surface area contributed by atoms with Gasteiger partial charge in [-0.1, -0.05) is 18.2 Å². The van der Waals surface area contributed by atoms with E-state index in [0.29, 0.717) is 5.56 Å². The van der Waals surface area contributed by atoms with E-state index in [1.807, 2.05) is 0 Å². The first kappa shape index (κ1) is 25.6. The summed E-state index contributed by atoms with van der Waals surface area (Å²) >= 11 is 0.996. The number of carbonyl (C=O) groups excluding carboxylic acids is 3. The molecule has 0 aliphatic rings. The number of rotatable bonds is 11. The molecule has 1 aromatic carbocycles. The molecule has 1 N–H and O–H groups in total. The van der Waals surface area contributed by atoms with Gasteiger partial charge in [-0.15, -0.1) is 11.8 Å². The van der Waals surface area contributed by atoms with Crippen LogP contribution >= 0.6 is 11.8 Å². The molecule has 1 atom stereocenters. The van der Waals surface area contributed by atoms with Gasteiger partial charge in [0.1, 0.15) is 5.82 Å². The Labute approximate surface area is 179 Å². The minimum absolute atomic E-state index is 0.0663. The Morgan fingerprint density at radius 2 is 1.67 bits per heavy atom. The van der Waals surface area contributed by atoms with Gasteiger partial charge in [0.25, 0.3) is 5.60 Å². The summed E-state index contributed by atoms with van der Waals surface area (Å²) in [5.41, 5.74) is -2.07. The van der Waals surface area contributed by atoms with Gasteiger partial charge in [-0.05, 0) is 44.9 Å². The minimum atomic E-state index is -2.67. The van der Waals surface area contributed by atoms with Crippen molar-refractivity contribution in [3.05, 3.63) is 47.3 Å². The van der Waals surface area contributed by atoms with Crippen LogP contribution in [0.2, 0.25) is 0 Å². The Morgan fingerprint density at radius 3 is 2.17 bits per heavy atom. The first-order chi connectivity index (χ1) is 14.2. The van der Waals surface area contributed by atoms with Gasteiger partial charge in [0.2, 0.25) is 0 Å². The average molecular weight is 443 g/mol. The van der Waals surface area contributed by atoms with E-state index in [2.05, 4.69) is 0 Å². The maximum Gasteiger partial charge on any atom is 0.351 e. The van der Waals surface area contributed by atoms with Crippen LogP contribution in [0.3, 0.4) is 0 Å². The van der Waals surface area contributed by atoms with Crippen molar-refractivity contribution in [1.29, 1.82) is 0 Å². The Morgan fingerprint density at radius 1 is 1.10 bits per heavy atom. The summed E-state index contributed by atoms with van der Waals surface area (Å²) in [6.07, 6.45) is 2.68. The molecule has 0 saturated carbocycles. The monoisotopic (exact) mass is 442 g/mol. The van der Waals surface area contributed by atoms with E-state index in [0.717, 1.165) is 11.8 Å². The average Bonchev–Trinajstić information content (AvgIpc) is 2.70. The predicted molar refractivity (Wildman–Crippen MR) is 110 cm³/mol. The summed E-state index contributed by atoms with van der Waals surface area (Å²) in [5, 5.41) is 10.0. The Bertz CT molecular complexity index is 761. The third-order valence-corrected chi connectivity index (χ3v) is 5.27. The molecule has 0 radical (unpaired) electrons. The van der Waals surface area contributed by atoms with Crippen LogP contribution in [0.5, 0.6) is 0 Å². The number of thioether (sulfide) groups is 1. The van der Waals surface area contributed by atoms with E-state index < -0.39 is 34.6 Å². The molecule has 0 fully saturated rings. The number of carbonyl (C=O) groups is 3. The number of benzene rings is 1. The lowest BCUT2D eigenvalue weighted by Crippen LogP contribution is -2.52. The summed E-state index contributed by atoms with van der Waals surface area (Å²) < 4.78 is 28.4. The summed E-state index contributed by atoms with van der Waals surface area (Å²) in [6.45, 7) is 6.36. The molecule has 0 aliphatic carbocycles. The molecule has 0 aromatic heterocycles. The highest BCUT2D eigenvalue weighted by molar-refractivity contribution is 7.99. The van der Waals surface area contributed by atoms with Gasteiger partial charge in [0, 0.05) is 11.8 Å². The number of ether oxygens (including phenoxy) is 3. The fraction of sp³-hybridized carbons (Fsp3) is 0.476. The van der Waals surface area contributed by atoms with E-state index in [1.54, 1.807) is 6.92 Å². The van der Waals surface area contributed by atoms with Crippen molar-refractivity contribution in [1.82, 2.24) is 0 Å². The fourth-order valence-electron chi connectivity index (χ4n) is 2.56. The third kappa shape index (κ3) is 6.56. The summed E-state index contributed by atoms with van der Waals surface area (Å²) in [7, 11) is 0. The molecular formula is C21H27FO7S. The highest BCUT2D eigenvalue weighted by atomic mass is 32.2. The molecule has 0 spiro atoms. The zero-order valence-corrected chi connectivity index (χ0v) is 18.3. The standard InChI is InChI=1S/C21H27FO7S/c1-5-27-17(23)9-8-12-30-18(15-10-11-16(22)14(4)13-15)21(26,19(24)28-6-2)20(25)29-7-3/h8-11,13,18,26H,5-7,12H2,1-4H3/b9-8+. The van der Waals surface area contributed by atoms with Crippen LogP contribution in [0.25, 0.3) is 0 Å². The summed E-state index contributed by atoms with van der Waals surface area (Å²) in [4.78, 5) is 36.7. The molecule has 1 rings (SSSR count). The highest BCUT2D eigenvalue weighted by Gasteiger charge is 2.54. The lowest BCUT2D eigenvalue weighted by atomic mass is 9.92. The van der Waals surface area contributed by atoms with Crippen LogP contribution in [-0.2, 0) is 28.6 Å². The molecule has 0 bridgehead atoms. The van der Waals surface area contributed by atoms with Crippen LogP contribution < -0.4 is 0 Å². The van der Waals surface area contributed by atoms with E-state index in [-0.39, 0.29) is 31.1 Å². The second-order valence-corrected chi connectivity index (χ2v) is 7.22. The largest absolute Gasteiger partial charge is 0.463 e. The van der Waals surface area contributed by atoms with Crippen molar-refractivity contribution < 1.29 is 38.1 Å². The zero-order valence-electron chi connectivity index (χ0n) is 17.5. The van der Waals surface area contributed by atoms with Crippen molar-refractivity contribution in [2.75, 3.05) is 25.6 Å². The lowest BCUT2D eigenvalue weighted by molar-refractivity contribution is -0.183. The number of esters is 3. The number of aliphatic hydroxyl groups is 1. The quantitative estimate of drug-likeness (QED) is 0.242.